The van der Waals surface area contributed by atoms with Crippen LogP contribution in [0.25, 0.3) is 0 Å². The van der Waals surface area contributed by atoms with Crippen molar-refractivity contribution in [1.29, 1.82) is 0 Å². The van der Waals surface area contributed by atoms with Crippen molar-refractivity contribution in [2.45, 2.75) is 52.7 Å². The van der Waals surface area contributed by atoms with Crippen LogP contribution in [-0.4, -0.2) is 42.0 Å². The molecule has 0 saturated heterocycles. The molecule has 1 aromatic rings. The van der Waals surface area contributed by atoms with Crippen molar-refractivity contribution < 1.29 is 4.74 Å². The predicted molar refractivity (Wildman–Crippen MR) is 107 cm³/mol. The van der Waals surface area contributed by atoms with Crippen LogP contribution in [0.5, 0.6) is 0 Å². The quantitative estimate of drug-likeness (QED) is 0.390. The summed E-state index contributed by atoms with van der Waals surface area (Å²) in [6.07, 6.45) is 1.91. The van der Waals surface area contributed by atoms with E-state index < -0.39 is 0 Å². The highest BCUT2D eigenvalue weighted by Gasteiger charge is 2.17. The van der Waals surface area contributed by atoms with Crippen LogP contribution in [0.4, 0.5) is 0 Å². The molecule has 23 heavy (non-hydrogen) atoms. The van der Waals surface area contributed by atoms with E-state index in [2.05, 4.69) is 34.6 Å². The third kappa shape index (κ3) is 6.29. The Balaban J connectivity index is 0.00000484. The van der Waals surface area contributed by atoms with Crippen molar-refractivity contribution >= 4 is 29.9 Å². The fourth-order valence-electron chi connectivity index (χ4n) is 2.36. The van der Waals surface area contributed by atoms with Crippen LogP contribution in [0.1, 0.15) is 44.6 Å². The summed E-state index contributed by atoms with van der Waals surface area (Å²) >= 11 is 0. The molecule has 134 valence electrons. The molecule has 0 saturated carbocycles. The van der Waals surface area contributed by atoms with E-state index in [4.69, 9.17) is 4.74 Å². The van der Waals surface area contributed by atoms with Gasteiger partial charge in [-0.3, -0.25) is 9.67 Å². The van der Waals surface area contributed by atoms with E-state index in [1.54, 1.807) is 14.2 Å². The van der Waals surface area contributed by atoms with Crippen LogP contribution in [-0.2, 0) is 31.2 Å². The Bertz CT molecular complexity index is 511. The van der Waals surface area contributed by atoms with Gasteiger partial charge in [-0.05, 0) is 26.7 Å². The molecular formula is C16H32IN5O. The molecule has 2 N–H and O–H groups in total. The lowest BCUT2D eigenvalue weighted by atomic mass is 10.1. The Morgan fingerprint density at radius 2 is 1.91 bits per heavy atom. The molecule has 0 unspecified atom stereocenters. The maximum atomic E-state index is 5.41. The van der Waals surface area contributed by atoms with Crippen molar-refractivity contribution in [3.05, 3.63) is 17.0 Å². The van der Waals surface area contributed by atoms with E-state index in [0.717, 1.165) is 31.0 Å². The van der Waals surface area contributed by atoms with Crippen molar-refractivity contribution in [1.82, 2.24) is 20.4 Å². The molecule has 0 atom stereocenters. The number of aryl methyl sites for hydroxylation is 2. The zero-order valence-corrected chi connectivity index (χ0v) is 17.8. The monoisotopic (exact) mass is 437 g/mol. The van der Waals surface area contributed by atoms with E-state index in [1.807, 2.05) is 25.6 Å². The first-order chi connectivity index (χ1) is 10.4. The molecule has 0 aliphatic carbocycles. The van der Waals surface area contributed by atoms with Gasteiger partial charge in [0.2, 0.25) is 0 Å². The van der Waals surface area contributed by atoms with Crippen LogP contribution in [0.15, 0.2) is 4.99 Å². The van der Waals surface area contributed by atoms with Gasteiger partial charge in [-0.25, -0.2) is 0 Å². The van der Waals surface area contributed by atoms with Gasteiger partial charge in [-0.2, -0.15) is 5.10 Å². The lowest BCUT2D eigenvalue weighted by Gasteiger charge is -2.24. The van der Waals surface area contributed by atoms with Crippen molar-refractivity contribution in [2.75, 3.05) is 20.7 Å². The Kier molecular flexibility index (Phi) is 9.76. The van der Waals surface area contributed by atoms with E-state index >= 15 is 0 Å². The molecule has 0 fully saturated rings. The number of rotatable bonds is 7. The molecule has 7 heteroatoms. The molecular weight excluding hydrogens is 405 g/mol. The zero-order chi connectivity index (χ0) is 16.8. The van der Waals surface area contributed by atoms with Gasteiger partial charge in [0.25, 0.3) is 0 Å². The molecule has 1 rings (SSSR count). The van der Waals surface area contributed by atoms with Gasteiger partial charge in [0.05, 0.1) is 11.3 Å². The van der Waals surface area contributed by atoms with Gasteiger partial charge in [0, 0.05) is 45.6 Å². The smallest absolute Gasteiger partial charge is 0.191 e. The summed E-state index contributed by atoms with van der Waals surface area (Å²) in [5.74, 6) is 0.776. The topological polar surface area (TPSA) is 63.5 Å². The Labute approximate surface area is 157 Å². The summed E-state index contributed by atoms with van der Waals surface area (Å²) in [5, 5.41) is 11.3. The van der Waals surface area contributed by atoms with Crippen LogP contribution in [0.3, 0.4) is 0 Å². The van der Waals surface area contributed by atoms with Crippen LogP contribution < -0.4 is 10.6 Å². The molecule has 0 spiro atoms. The molecule has 1 heterocycles. The number of hydrogen-bond donors (Lipinski definition) is 2. The Morgan fingerprint density at radius 3 is 2.39 bits per heavy atom. The number of aliphatic imine (C=N–C) groups is 1. The normalized spacial score (nSPS) is 12.0. The maximum Gasteiger partial charge on any atom is 0.191 e. The minimum absolute atomic E-state index is 0. The fourth-order valence-corrected chi connectivity index (χ4v) is 2.36. The van der Waals surface area contributed by atoms with Crippen molar-refractivity contribution in [3.63, 3.8) is 0 Å². The number of nitrogens with one attached hydrogen (secondary N) is 2. The van der Waals surface area contributed by atoms with Crippen LogP contribution >= 0.6 is 24.0 Å². The van der Waals surface area contributed by atoms with Gasteiger partial charge in [-0.15, -0.1) is 24.0 Å². The van der Waals surface area contributed by atoms with Crippen LogP contribution in [0, 0.1) is 0 Å². The van der Waals surface area contributed by atoms with Crippen LogP contribution in [0.2, 0.25) is 0 Å². The maximum absolute atomic E-state index is 5.41. The number of halogens is 1. The highest BCUT2D eigenvalue weighted by atomic mass is 127. The summed E-state index contributed by atoms with van der Waals surface area (Å²) in [7, 11) is 5.50. The third-order valence-corrected chi connectivity index (χ3v) is 3.92. The number of guanidine groups is 1. The molecule has 0 radical (unpaired) electrons. The van der Waals surface area contributed by atoms with Crippen molar-refractivity contribution in [3.8, 4) is 0 Å². The second-order valence-electron chi connectivity index (χ2n) is 5.95. The molecule has 6 nitrogen and oxygen atoms in total. The SMILES string of the molecule is CCc1nn(C)c(CC)c1CNC(=NC)NCC(C)(C)OC.I. The molecule has 0 bridgehead atoms. The third-order valence-electron chi connectivity index (χ3n) is 3.92. The lowest BCUT2D eigenvalue weighted by molar-refractivity contribution is 0.0268. The molecule has 0 aliphatic rings. The summed E-state index contributed by atoms with van der Waals surface area (Å²) in [4.78, 5) is 4.27. The first-order valence-corrected chi connectivity index (χ1v) is 7.91. The average molecular weight is 437 g/mol. The number of ether oxygens (including phenoxy) is 1. The first-order valence-electron chi connectivity index (χ1n) is 7.91. The Hall–Kier alpha value is -0.830. The lowest BCUT2D eigenvalue weighted by Crippen LogP contribution is -2.45. The molecule has 0 amide bonds. The van der Waals surface area contributed by atoms with Gasteiger partial charge in [-0.1, -0.05) is 13.8 Å². The van der Waals surface area contributed by atoms with E-state index in [-0.39, 0.29) is 29.6 Å². The zero-order valence-electron chi connectivity index (χ0n) is 15.5. The average Bonchev–Trinajstić information content (AvgIpc) is 2.82. The summed E-state index contributed by atoms with van der Waals surface area (Å²) in [5.41, 5.74) is 3.48. The first kappa shape index (κ1) is 22.2. The standard InChI is InChI=1S/C16H31N5O.HI/c1-8-13-12(14(9-2)21(6)20-13)10-18-15(17-5)19-11-16(3,4)22-7;/h8-11H2,1-7H3,(H2,17,18,19);1H. The number of methoxy groups -OCH3 is 1. The second kappa shape index (κ2) is 10.1. The highest BCUT2D eigenvalue weighted by Crippen LogP contribution is 2.15. The van der Waals surface area contributed by atoms with E-state index in [9.17, 15) is 0 Å². The minimum Gasteiger partial charge on any atom is -0.377 e. The van der Waals surface area contributed by atoms with Gasteiger partial charge >= 0.3 is 0 Å². The number of nitrogens with zero attached hydrogens (tertiary/aromatic N) is 3. The minimum atomic E-state index is -0.227. The van der Waals surface area contributed by atoms with Crippen molar-refractivity contribution in [2.24, 2.45) is 12.0 Å². The fraction of sp³-hybridized carbons (Fsp3) is 0.750. The summed E-state index contributed by atoms with van der Waals surface area (Å²) in [6, 6.07) is 0. The van der Waals surface area contributed by atoms with Gasteiger partial charge in [0.15, 0.2) is 5.96 Å². The molecule has 0 aromatic carbocycles. The number of aromatic nitrogens is 2. The van der Waals surface area contributed by atoms with E-state index in [1.165, 1.54) is 11.3 Å². The van der Waals surface area contributed by atoms with E-state index in [0.29, 0.717) is 6.54 Å². The largest absolute Gasteiger partial charge is 0.377 e. The number of hydrogen-bond acceptors (Lipinski definition) is 3. The molecule has 0 aliphatic heterocycles. The summed E-state index contributed by atoms with van der Waals surface area (Å²) < 4.78 is 7.40. The highest BCUT2D eigenvalue weighted by molar-refractivity contribution is 14.0. The van der Waals surface area contributed by atoms with Gasteiger partial charge < -0.3 is 15.4 Å². The predicted octanol–water partition coefficient (Wildman–Crippen LogP) is 2.25. The Morgan fingerprint density at radius 1 is 1.26 bits per heavy atom. The van der Waals surface area contributed by atoms with Gasteiger partial charge in [0.1, 0.15) is 0 Å². The molecule has 1 aromatic heterocycles. The summed E-state index contributed by atoms with van der Waals surface area (Å²) in [6.45, 7) is 9.80. The second-order valence-corrected chi connectivity index (χ2v) is 5.95.